The Morgan fingerprint density at radius 1 is 1.41 bits per heavy atom. The van der Waals surface area contributed by atoms with Crippen molar-refractivity contribution in [3.05, 3.63) is 24.0 Å². The number of carbonyl (C=O) groups excluding carboxylic acids is 1. The Bertz CT molecular complexity index is 493. The lowest BCUT2D eigenvalue weighted by Gasteiger charge is -2.26. The third-order valence-corrected chi connectivity index (χ3v) is 3.45. The summed E-state index contributed by atoms with van der Waals surface area (Å²) in [5, 5.41) is 5.35. The summed E-state index contributed by atoms with van der Waals surface area (Å²) in [6.07, 6.45) is 0.865. The molecule has 1 saturated heterocycles. The van der Waals surface area contributed by atoms with Gasteiger partial charge >= 0.3 is 6.03 Å². The second-order valence-corrected chi connectivity index (χ2v) is 5.04. The van der Waals surface area contributed by atoms with Crippen molar-refractivity contribution in [1.29, 1.82) is 0 Å². The Labute approximate surface area is 129 Å². The average Bonchev–Trinajstić information content (AvgIpc) is 2.53. The van der Waals surface area contributed by atoms with Crippen molar-refractivity contribution in [1.82, 2.24) is 10.2 Å². The molecule has 1 aromatic rings. The van der Waals surface area contributed by atoms with Crippen LogP contribution in [-0.2, 0) is 4.74 Å². The summed E-state index contributed by atoms with van der Waals surface area (Å²) in [6.45, 7) is 4.94. The Kier molecular flexibility index (Phi) is 6.42. The first kappa shape index (κ1) is 16.5. The van der Waals surface area contributed by atoms with Crippen LogP contribution >= 0.6 is 0 Å². The molecule has 2 N–H and O–H groups in total. The van der Waals surface area contributed by atoms with Gasteiger partial charge in [0.15, 0.2) is 11.6 Å². The van der Waals surface area contributed by atoms with E-state index >= 15 is 0 Å². The Hall–Kier alpha value is -1.86. The minimum absolute atomic E-state index is 0.150. The molecule has 0 unspecified atom stereocenters. The fourth-order valence-corrected chi connectivity index (χ4v) is 2.25. The monoisotopic (exact) mass is 311 g/mol. The number of rotatable bonds is 6. The largest absolute Gasteiger partial charge is 0.494 e. The van der Waals surface area contributed by atoms with E-state index in [0.29, 0.717) is 12.2 Å². The van der Waals surface area contributed by atoms with Gasteiger partial charge in [-0.15, -0.1) is 0 Å². The van der Waals surface area contributed by atoms with Gasteiger partial charge in [0, 0.05) is 31.4 Å². The molecule has 1 fully saturated rings. The van der Waals surface area contributed by atoms with Crippen LogP contribution in [0, 0.1) is 5.82 Å². The minimum atomic E-state index is -0.507. The Morgan fingerprint density at radius 3 is 2.86 bits per heavy atom. The number of hydrogen-bond donors (Lipinski definition) is 2. The maximum atomic E-state index is 13.5. The van der Waals surface area contributed by atoms with Crippen LogP contribution in [-0.4, -0.2) is 57.4 Å². The van der Waals surface area contributed by atoms with Gasteiger partial charge in [0.25, 0.3) is 0 Å². The molecule has 0 aromatic heterocycles. The zero-order chi connectivity index (χ0) is 15.8. The number of nitrogens with one attached hydrogen (secondary N) is 2. The van der Waals surface area contributed by atoms with E-state index in [-0.39, 0.29) is 11.8 Å². The third-order valence-electron chi connectivity index (χ3n) is 3.45. The number of halogens is 1. The van der Waals surface area contributed by atoms with E-state index in [1.54, 1.807) is 6.07 Å². The van der Waals surface area contributed by atoms with Crippen LogP contribution in [0.25, 0.3) is 0 Å². The first-order valence-electron chi connectivity index (χ1n) is 7.37. The van der Waals surface area contributed by atoms with Gasteiger partial charge in [-0.05, 0) is 25.1 Å². The number of morpholine rings is 1. The summed E-state index contributed by atoms with van der Waals surface area (Å²) in [5.41, 5.74) is 0.393. The van der Waals surface area contributed by atoms with Crippen molar-refractivity contribution in [3.63, 3.8) is 0 Å². The van der Waals surface area contributed by atoms with Crippen molar-refractivity contribution >= 4 is 11.7 Å². The zero-order valence-electron chi connectivity index (χ0n) is 12.7. The molecule has 0 spiro atoms. The normalized spacial score (nSPS) is 15.4. The predicted octanol–water partition coefficient (Wildman–Crippen LogP) is 1.68. The number of benzene rings is 1. The minimum Gasteiger partial charge on any atom is -0.494 e. The quantitative estimate of drug-likeness (QED) is 0.785. The van der Waals surface area contributed by atoms with E-state index in [1.165, 1.54) is 19.2 Å². The van der Waals surface area contributed by atoms with E-state index < -0.39 is 5.82 Å². The molecular weight excluding hydrogens is 289 g/mol. The van der Waals surface area contributed by atoms with E-state index in [9.17, 15) is 9.18 Å². The first-order valence-corrected chi connectivity index (χ1v) is 7.37. The van der Waals surface area contributed by atoms with Crippen LogP contribution in [0.15, 0.2) is 18.2 Å². The van der Waals surface area contributed by atoms with E-state index in [0.717, 1.165) is 39.3 Å². The molecular formula is C15H22FN3O3. The first-order chi connectivity index (χ1) is 10.7. The molecule has 122 valence electrons. The summed E-state index contributed by atoms with van der Waals surface area (Å²) in [7, 11) is 1.40. The summed E-state index contributed by atoms with van der Waals surface area (Å²) in [6, 6.07) is 3.96. The molecule has 0 atom stereocenters. The number of ether oxygens (including phenoxy) is 2. The van der Waals surface area contributed by atoms with Crippen LogP contribution in [0.5, 0.6) is 5.75 Å². The molecule has 7 heteroatoms. The van der Waals surface area contributed by atoms with Crippen molar-refractivity contribution in [2.24, 2.45) is 0 Å². The van der Waals surface area contributed by atoms with Gasteiger partial charge in [0.1, 0.15) is 0 Å². The smallest absolute Gasteiger partial charge is 0.319 e. The van der Waals surface area contributed by atoms with Gasteiger partial charge in [-0.2, -0.15) is 0 Å². The van der Waals surface area contributed by atoms with E-state index in [2.05, 4.69) is 15.5 Å². The van der Waals surface area contributed by atoms with Crippen molar-refractivity contribution in [2.45, 2.75) is 6.42 Å². The standard InChI is InChI=1S/C15H22FN3O3/c1-21-14-4-3-12(11-13(14)16)18-15(20)17-5-2-6-19-7-9-22-10-8-19/h3-4,11H,2,5-10H2,1H3,(H2,17,18,20). The second kappa shape index (κ2) is 8.55. The molecule has 1 aliphatic rings. The summed E-state index contributed by atoms with van der Waals surface area (Å²) >= 11 is 0. The van der Waals surface area contributed by atoms with Gasteiger partial charge in [0.2, 0.25) is 0 Å². The van der Waals surface area contributed by atoms with Crippen molar-refractivity contribution < 1.29 is 18.7 Å². The summed E-state index contributed by atoms with van der Waals surface area (Å²) in [5.74, 6) is -0.357. The lowest BCUT2D eigenvalue weighted by molar-refractivity contribution is 0.0375. The number of hydrogen-bond acceptors (Lipinski definition) is 4. The molecule has 2 rings (SSSR count). The Morgan fingerprint density at radius 2 is 2.18 bits per heavy atom. The molecule has 0 saturated carbocycles. The highest BCUT2D eigenvalue weighted by Crippen LogP contribution is 2.20. The van der Waals surface area contributed by atoms with Crippen molar-refractivity contribution in [3.8, 4) is 5.75 Å². The van der Waals surface area contributed by atoms with Gasteiger partial charge in [-0.3, -0.25) is 4.90 Å². The van der Waals surface area contributed by atoms with Gasteiger partial charge in [-0.25, -0.2) is 9.18 Å². The lowest BCUT2D eigenvalue weighted by atomic mass is 10.3. The van der Waals surface area contributed by atoms with Crippen LogP contribution in [0.1, 0.15) is 6.42 Å². The third kappa shape index (κ3) is 5.16. The number of urea groups is 1. The Balaban J connectivity index is 1.66. The number of amides is 2. The van der Waals surface area contributed by atoms with E-state index in [4.69, 9.17) is 9.47 Å². The number of methoxy groups -OCH3 is 1. The van der Waals surface area contributed by atoms with Crippen molar-refractivity contribution in [2.75, 3.05) is 51.8 Å². The maximum absolute atomic E-state index is 13.5. The highest BCUT2D eigenvalue weighted by molar-refractivity contribution is 5.89. The number of carbonyl (C=O) groups is 1. The highest BCUT2D eigenvalue weighted by Gasteiger charge is 2.10. The summed E-state index contributed by atoms with van der Waals surface area (Å²) in [4.78, 5) is 14.0. The number of nitrogens with zero attached hydrogens (tertiary/aromatic N) is 1. The zero-order valence-corrected chi connectivity index (χ0v) is 12.7. The molecule has 0 aliphatic carbocycles. The molecule has 1 aliphatic heterocycles. The SMILES string of the molecule is COc1ccc(NC(=O)NCCCN2CCOCC2)cc1F. The molecule has 1 heterocycles. The van der Waals surface area contributed by atoms with E-state index in [1.807, 2.05) is 0 Å². The second-order valence-electron chi connectivity index (χ2n) is 5.04. The van der Waals surface area contributed by atoms with Gasteiger partial charge in [0.05, 0.1) is 20.3 Å². The fraction of sp³-hybridized carbons (Fsp3) is 0.533. The van der Waals surface area contributed by atoms with Crippen LogP contribution in [0.2, 0.25) is 0 Å². The van der Waals surface area contributed by atoms with Gasteiger partial charge < -0.3 is 20.1 Å². The lowest BCUT2D eigenvalue weighted by Crippen LogP contribution is -2.38. The number of anilines is 1. The van der Waals surface area contributed by atoms with Gasteiger partial charge in [-0.1, -0.05) is 0 Å². The molecule has 22 heavy (non-hydrogen) atoms. The van der Waals surface area contributed by atoms with Crippen LogP contribution in [0.4, 0.5) is 14.9 Å². The molecule has 0 bridgehead atoms. The predicted molar refractivity (Wildman–Crippen MR) is 81.8 cm³/mol. The topological polar surface area (TPSA) is 62.8 Å². The van der Waals surface area contributed by atoms with Crippen LogP contribution in [0.3, 0.4) is 0 Å². The molecule has 2 amide bonds. The molecule has 6 nitrogen and oxygen atoms in total. The fourth-order valence-electron chi connectivity index (χ4n) is 2.25. The molecule has 0 radical (unpaired) electrons. The maximum Gasteiger partial charge on any atom is 0.319 e. The van der Waals surface area contributed by atoms with Crippen LogP contribution < -0.4 is 15.4 Å². The summed E-state index contributed by atoms with van der Waals surface area (Å²) < 4.78 is 23.6. The highest BCUT2D eigenvalue weighted by atomic mass is 19.1. The average molecular weight is 311 g/mol. The molecule has 1 aromatic carbocycles.